The number of rotatable bonds is 2. The van der Waals surface area contributed by atoms with Crippen LogP contribution in [0.15, 0.2) is 77.8 Å². The van der Waals surface area contributed by atoms with Gasteiger partial charge in [0, 0.05) is 29.6 Å². The Balaban J connectivity index is 1.84. The van der Waals surface area contributed by atoms with E-state index in [0.717, 1.165) is 28.4 Å². The van der Waals surface area contributed by atoms with Crippen LogP contribution in [0.3, 0.4) is 0 Å². The Labute approximate surface area is 129 Å². The molecule has 0 saturated carbocycles. The summed E-state index contributed by atoms with van der Waals surface area (Å²) in [5.41, 5.74) is 7.63. The third-order valence-corrected chi connectivity index (χ3v) is 3.74. The summed E-state index contributed by atoms with van der Waals surface area (Å²) in [6, 6.07) is 14.5. The minimum absolute atomic E-state index is 0.258. The summed E-state index contributed by atoms with van der Waals surface area (Å²) in [7, 11) is 0. The molecule has 0 bridgehead atoms. The maximum Gasteiger partial charge on any atom is 0.145 e. The van der Waals surface area contributed by atoms with Crippen molar-refractivity contribution in [3.63, 3.8) is 0 Å². The molecule has 0 aliphatic carbocycles. The maximum atomic E-state index is 4.78. The SMILES string of the molecule is CC1C=C2N=C(c3ccccc3)C=C(c3cccnc3)N2N1. The first kappa shape index (κ1) is 13.0. The van der Waals surface area contributed by atoms with Crippen LogP contribution in [0.5, 0.6) is 0 Å². The molecule has 0 amide bonds. The molecule has 4 nitrogen and oxygen atoms in total. The second-order valence-corrected chi connectivity index (χ2v) is 5.41. The summed E-state index contributed by atoms with van der Waals surface area (Å²) in [4.78, 5) is 9.02. The second-order valence-electron chi connectivity index (χ2n) is 5.41. The van der Waals surface area contributed by atoms with E-state index >= 15 is 0 Å². The summed E-state index contributed by atoms with van der Waals surface area (Å²) >= 11 is 0. The van der Waals surface area contributed by atoms with E-state index < -0.39 is 0 Å². The fourth-order valence-electron chi connectivity index (χ4n) is 2.72. The lowest BCUT2D eigenvalue weighted by Gasteiger charge is -2.28. The monoisotopic (exact) mass is 288 g/mol. The van der Waals surface area contributed by atoms with Crippen molar-refractivity contribution >= 4 is 11.4 Å². The zero-order chi connectivity index (χ0) is 14.9. The normalized spacial score (nSPS) is 20.1. The van der Waals surface area contributed by atoms with Gasteiger partial charge < -0.3 is 0 Å². The smallest absolute Gasteiger partial charge is 0.145 e. The molecule has 22 heavy (non-hydrogen) atoms. The van der Waals surface area contributed by atoms with Crippen LogP contribution in [0, 0.1) is 0 Å². The quantitative estimate of drug-likeness (QED) is 0.923. The van der Waals surface area contributed by atoms with Gasteiger partial charge in [0.15, 0.2) is 0 Å². The topological polar surface area (TPSA) is 40.5 Å². The molecule has 1 N–H and O–H groups in total. The molecule has 1 aromatic carbocycles. The molecule has 0 fully saturated rings. The lowest BCUT2D eigenvalue weighted by Crippen LogP contribution is -2.36. The van der Waals surface area contributed by atoms with E-state index in [1.165, 1.54) is 0 Å². The Morgan fingerprint density at radius 1 is 1.05 bits per heavy atom. The Kier molecular flexibility index (Phi) is 3.09. The van der Waals surface area contributed by atoms with Crippen LogP contribution in [0.1, 0.15) is 18.1 Å². The highest BCUT2D eigenvalue weighted by Crippen LogP contribution is 2.30. The molecule has 2 aliphatic heterocycles. The standard InChI is InChI=1S/C18H16N4/c1-13-10-18-20-16(14-6-3-2-4-7-14)11-17(22(18)21-13)15-8-5-9-19-12-15/h2-13,21H,1H3. The van der Waals surface area contributed by atoms with Crippen molar-refractivity contribution in [3.8, 4) is 0 Å². The Bertz CT molecular complexity index is 775. The second kappa shape index (κ2) is 5.24. The molecule has 0 saturated heterocycles. The number of hydrogen-bond acceptors (Lipinski definition) is 4. The number of fused-ring (bicyclic) bond motifs is 1. The summed E-state index contributed by atoms with van der Waals surface area (Å²) in [5, 5.41) is 2.04. The van der Waals surface area contributed by atoms with Gasteiger partial charge in [-0.3, -0.25) is 9.99 Å². The van der Waals surface area contributed by atoms with Crippen molar-refractivity contribution in [1.29, 1.82) is 0 Å². The third kappa shape index (κ3) is 2.23. The van der Waals surface area contributed by atoms with Crippen molar-refractivity contribution in [3.05, 3.63) is 84.0 Å². The molecular formula is C18H16N4. The van der Waals surface area contributed by atoms with Crippen LogP contribution in [0.4, 0.5) is 0 Å². The predicted octanol–water partition coefficient (Wildman–Crippen LogP) is 2.98. The zero-order valence-corrected chi connectivity index (χ0v) is 12.3. The maximum absolute atomic E-state index is 4.78. The zero-order valence-electron chi connectivity index (χ0n) is 12.3. The van der Waals surface area contributed by atoms with Gasteiger partial charge in [-0.05, 0) is 31.2 Å². The van der Waals surface area contributed by atoms with Crippen LogP contribution in [-0.4, -0.2) is 21.7 Å². The molecule has 0 radical (unpaired) electrons. The molecule has 0 spiro atoms. The number of hydrogen-bond donors (Lipinski definition) is 1. The Morgan fingerprint density at radius 2 is 1.86 bits per heavy atom. The number of hydrazine groups is 1. The lowest BCUT2D eigenvalue weighted by atomic mass is 10.1. The van der Waals surface area contributed by atoms with Gasteiger partial charge in [-0.25, -0.2) is 10.4 Å². The van der Waals surface area contributed by atoms with Gasteiger partial charge in [0.25, 0.3) is 0 Å². The number of pyridine rings is 1. The fourth-order valence-corrected chi connectivity index (χ4v) is 2.72. The lowest BCUT2D eigenvalue weighted by molar-refractivity contribution is 0.368. The van der Waals surface area contributed by atoms with Crippen molar-refractivity contribution < 1.29 is 0 Å². The van der Waals surface area contributed by atoms with E-state index in [-0.39, 0.29) is 6.04 Å². The van der Waals surface area contributed by atoms with Crippen molar-refractivity contribution in [2.24, 2.45) is 4.99 Å². The largest absolute Gasteiger partial charge is 0.264 e. The molecule has 1 aromatic heterocycles. The average Bonchev–Trinajstić information content (AvgIpc) is 2.95. The number of aliphatic imine (C=N–C) groups is 1. The number of aromatic nitrogens is 1. The van der Waals surface area contributed by atoms with Gasteiger partial charge in [-0.1, -0.05) is 30.3 Å². The van der Waals surface area contributed by atoms with E-state index in [1.54, 1.807) is 6.20 Å². The van der Waals surface area contributed by atoms with Crippen molar-refractivity contribution in [1.82, 2.24) is 15.4 Å². The van der Waals surface area contributed by atoms with Crippen LogP contribution in [0.2, 0.25) is 0 Å². The molecule has 4 heteroatoms. The third-order valence-electron chi connectivity index (χ3n) is 3.74. The van der Waals surface area contributed by atoms with E-state index in [0.29, 0.717) is 0 Å². The minimum Gasteiger partial charge on any atom is -0.264 e. The molecule has 1 unspecified atom stereocenters. The highest BCUT2D eigenvalue weighted by Gasteiger charge is 2.27. The number of nitrogens with one attached hydrogen (secondary N) is 1. The first-order valence-corrected chi connectivity index (χ1v) is 7.35. The van der Waals surface area contributed by atoms with E-state index in [9.17, 15) is 0 Å². The van der Waals surface area contributed by atoms with Crippen LogP contribution in [0.25, 0.3) is 5.70 Å². The van der Waals surface area contributed by atoms with E-state index in [4.69, 9.17) is 4.99 Å². The first-order valence-electron chi connectivity index (χ1n) is 7.35. The highest BCUT2D eigenvalue weighted by molar-refractivity contribution is 6.13. The molecular weight excluding hydrogens is 272 g/mol. The van der Waals surface area contributed by atoms with Crippen LogP contribution in [-0.2, 0) is 0 Å². The fraction of sp³-hybridized carbons (Fsp3) is 0.111. The van der Waals surface area contributed by atoms with Crippen molar-refractivity contribution in [2.45, 2.75) is 13.0 Å². The number of benzene rings is 1. The predicted molar refractivity (Wildman–Crippen MR) is 87.7 cm³/mol. The summed E-state index contributed by atoms with van der Waals surface area (Å²) in [6.45, 7) is 2.11. The minimum atomic E-state index is 0.258. The van der Waals surface area contributed by atoms with Gasteiger partial charge in [-0.15, -0.1) is 0 Å². The molecule has 108 valence electrons. The number of allylic oxidation sites excluding steroid dienone is 1. The Hall–Kier alpha value is -2.72. The van der Waals surface area contributed by atoms with Crippen molar-refractivity contribution in [2.75, 3.05) is 0 Å². The summed E-state index contributed by atoms with van der Waals surface area (Å²) in [5.74, 6) is 0.938. The molecule has 1 atom stereocenters. The van der Waals surface area contributed by atoms with Gasteiger partial charge in [0.1, 0.15) is 5.82 Å². The van der Waals surface area contributed by atoms with E-state index in [2.05, 4.69) is 47.7 Å². The van der Waals surface area contributed by atoms with Crippen LogP contribution >= 0.6 is 0 Å². The molecule has 4 rings (SSSR count). The van der Waals surface area contributed by atoms with E-state index in [1.807, 2.05) is 35.5 Å². The molecule has 3 heterocycles. The van der Waals surface area contributed by atoms with Gasteiger partial charge in [0.2, 0.25) is 0 Å². The average molecular weight is 288 g/mol. The first-order chi connectivity index (χ1) is 10.8. The summed E-state index contributed by atoms with van der Waals surface area (Å²) < 4.78 is 0. The van der Waals surface area contributed by atoms with Gasteiger partial charge >= 0.3 is 0 Å². The Morgan fingerprint density at radius 3 is 2.64 bits per heavy atom. The van der Waals surface area contributed by atoms with Gasteiger partial charge in [-0.2, -0.15) is 0 Å². The molecule has 2 aliphatic rings. The molecule has 2 aromatic rings. The van der Waals surface area contributed by atoms with Gasteiger partial charge in [0.05, 0.1) is 11.4 Å². The summed E-state index contributed by atoms with van der Waals surface area (Å²) in [6.07, 6.45) is 7.90. The number of nitrogens with zero attached hydrogens (tertiary/aromatic N) is 3. The highest BCUT2D eigenvalue weighted by atomic mass is 15.6. The van der Waals surface area contributed by atoms with Crippen LogP contribution < -0.4 is 5.43 Å².